The number of nitrogens with zero attached hydrogens (tertiary/aromatic N) is 4. The van der Waals surface area contributed by atoms with Crippen molar-refractivity contribution in [2.75, 3.05) is 13.1 Å². The van der Waals surface area contributed by atoms with Gasteiger partial charge >= 0.3 is 0 Å². The second kappa shape index (κ2) is 6.25. The van der Waals surface area contributed by atoms with Crippen molar-refractivity contribution in [3.05, 3.63) is 47.9 Å². The second-order valence-corrected chi connectivity index (χ2v) is 7.31. The number of aliphatic hydroxyl groups is 1. The van der Waals surface area contributed by atoms with Crippen molar-refractivity contribution in [3.63, 3.8) is 0 Å². The summed E-state index contributed by atoms with van der Waals surface area (Å²) in [4.78, 5) is 17.8. The molecule has 7 heteroatoms. The number of rotatable bonds is 3. The molecule has 7 nitrogen and oxygen atoms in total. The lowest BCUT2D eigenvalue weighted by molar-refractivity contribution is -0.0322. The number of carbonyl (C=O) groups excluding carboxylic acids is 1. The summed E-state index contributed by atoms with van der Waals surface area (Å²) in [5.41, 5.74) is 0.845. The van der Waals surface area contributed by atoms with E-state index < -0.39 is 5.60 Å². The molecule has 4 rings (SSSR count). The van der Waals surface area contributed by atoms with Gasteiger partial charge in [-0.25, -0.2) is 4.68 Å². The molecule has 1 saturated heterocycles. The molecule has 2 aromatic heterocycles. The van der Waals surface area contributed by atoms with Crippen molar-refractivity contribution in [2.45, 2.75) is 38.3 Å². The van der Waals surface area contributed by atoms with Crippen LogP contribution in [0.2, 0.25) is 0 Å². The molecule has 1 fully saturated rings. The van der Waals surface area contributed by atoms with Gasteiger partial charge in [0.25, 0.3) is 5.91 Å². The van der Waals surface area contributed by atoms with Crippen molar-refractivity contribution >= 4 is 16.8 Å². The molecule has 3 aromatic rings. The number of benzene rings is 1. The van der Waals surface area contributed by atoms with E-state index in [-0.39, 0.29) is 18.5 Å². The van der Waals surface area contributed by atoms with Gasteiger partial charge in [0.2, 0.25) is 0 Å². The fourth-order valence-corrected chi connectivity index (χ4v) is 3.52. The molecular weight excluding hydrogens is 330 g/mol. The molecule has 26 heavy (non-hydrogen) atoms. The summed E-state index contributed by atoms with van der Waals surface area (Å²) in [6.07, 6.45) is 3.07. The molecule has 0 aliphatic carbocycles. The van der Waals surface area contributed by atoms with Crippen molar-refractivity contribution < 1.29 is 9.90 Å². The molecule has 0 radical (unpaired) electrons. The fraction of sp³-hybridized carbons (Fsp3) is 0.421. The van der Waals surface area contributed by atoms with Gasteiger partial charge in [0.1, 0.15) is 17.0 Å². The average molecular weight is 353 g/mol. The first-order chi connectivity index (χ1) is 12.5. The molecular formula is C19H23N5O2. The lowest BCUT2D eigenvalue weighted by Crippen LogP contribution is -2.48. The summed E-state index contributed by atoms with van der Waals surface area (Å²) in [7, 11) is 0. The third kappa shape index (κ3) is 2.88. The molecule has 3 heterocycles. The van der Waals surface area contributed by atoms with Crippen LogP contribution in [0.1, 0.15) is 48.9 Å². The summed E-state index contributed by atoms with van der Waals surface area (Å²) in [5.74, 6) is -0.101. The summed E-state index contributed by atoms with van der Waals surface area (Å²) >= 11 is 0. The Kier molecular flexibility index (Phi) is 4.03. The van der Waals surface area contributed by atoms with Crippen molar-refractivity contribution in [2.24, 2.45) is 0 Å². The highest BCUT2D eigenvalue weighted by Crippen LogP contribution is 2.31. The lowest BCUT2D eigenvalue weighted by Gasteiger charge is -2.37. The normalized spacial score (nSPS) is 20.8. The van der Waals surface area contributed by atoms with Crippen LogP contribution in [0.25, 0.3) is 10.9 Å². The molecule has 1 aliphatic rings. The lowest BCUT2D eigenvalue weighted by atomic mass is 9.90. The topological polar surface area (TPSA) is 87.0 Å². The van der Waals surface area contributed by atoms with E-state index in [0.29, 0.717) is 24.4 Å². The van der Waals surface area contributed by atoms with Gasteiger partial charge < -0.3 is 15.0 Å². The van der Waals surface area contributed by atoms with E-state index in [1.807, 2.05) is 44.2 Å². The van der Waals surface area contributed by atoms with Crippen LogP contribution in [0.5, 0.6) is 0 Å². The number of likely N-dealkylation sites (tertiary alicyclic amines) is 1. The Hall–Kier alpha value is -2.67. The third-order valence-corrected chi connectivity index (χ3v) is 5.03. The first kappa shape index (κ1) is 16.8. The van der Waals surface area contributed by atoms with E-state index in [1.54, 1.807) is 15.8 Å². The number of hydrogen-bond donors (Lipinski definition) is 2. The van der Waals surface area contributed by atoms with Crippen LogP contribution in [0.4, 0.5) is 0 Å². The summed E-state index contributed by atoms with van der Waals surface area (Å²) in [5, 5.41) is 20.4. The van der Waals surface area contributed by atoms with Gasteiger partial charge in [0.05, 0.1) is 12.7 Å². The highest BCUT2D eigenvalue weighted by atomic mass is 16.3. The van der Waals surface area contributed by atoms with E-state index in [0.717, 1.165) is 17.3 Å². The van der Waals surface area contributed by atoms with E-state index in [2.05, 4.69) is 15.3 Å². The van der Waals surface area contributed by atoms with Crippen LogP contribution < -0.4 is 0 Å². The van der Waals surface area contributed by atoms with Crippen LogP contribution >= 0.6 is 0 Å². The zero-order valence-corrected chi connectivity index (χ0v) is 15.0. The first-order valence-electron chi connectivity index (χ1n) is 8.98. The molecule has 1 atom stereocenters. The SMILES string of the molecule is CC(C)n1cc([C@@]2(O)CCCN(C(=O)c3cc4ccccc4[nH]3)C2)nn1. The largest absolute Gasteiger partial charge is 0.382 e. The number of piperidine rings is 1. The summed E-state index contributed by atoms with van der Waals surface area (Å²) in [6, 6.07) is 9.84. The second-order valence-electron chi connectivity index (χ2n) is 7.31. The smallest absolute Gasteiger partial charge is 0.270 e. The number of nitrogens with one attached hydrogen (secondary N) is 1. The van der Waals surface area contributed by atoms with Gasteiger partial charge in [-0.1, -0.05) is 23.4 Å². The zero-order valence-electron chi connectivity index (χ0n) is 15.0. The van der Waals surface area contributed by atoms with Crippen LogP contribution in [0.15, 0.2) is 36.5 Å². The quantitative estimate of drug-likeness (QED) is 0.757. The van der Waals surface area contributed by atoms with Crippen molar-refractivity contribution in [3.8, 4) is 0 Å². The fourth-order valence-electron chi connectivity index (χ4n) is 3.52. The van der Waals surface area contributed by atoms with Crippen molar-refractivity contribution in [1.82, 2.24) is 24.9 Å². The molecule has 0 bridgehead atoms. The minimum absolute atomic E-state index is 0.101. The number of fused-ring (bicyclic) bond motifs is 1. The Labute approximate surface area is 151 Å². The maximum atomic E-state index is 12.9. The van der Waals surface area contributed by atoms with Gasteiger partial charge in [-0.15, -0.1) is 5.10 Å². The third-order valence-electron chi connectivity index (χ3n) is 5.03. The highest BCUT2D eigenvalue weighted by molar-refractivity contribution is 5.98. The molecule has 0 spiro atoms. The number of aromatic nitrogens is 4. The van der Waals surface area contributed by atoms with Gasteiger partial charge in [0.15, 0.2) is 0 Å². The number of amides is 1. The molecule has 1 aliphatic heterocycles. The van der Waals surface area contributed by atoms with E-state index in [1.165, 1.54) is 0 Å². The Morgan fingerprint density at radius 1 is 1.35 bits per heavy atom. The maximum absolute atomic E-state index is 12.9. The van der Waals surface area contributed by atoms with E-state index in [9.17, 15) is 9.90 Å². The maximum Gasteiger partial charge on any atom is 0.270 e. The zero-order chi connectivity index (χ0) is 18.3. The van der Waals surface area contributed by atoms with Gasteiger partial charge in [-0.2, -0.15) is 0 Å². The summed E-state index contributed by atoms with van der Waals surface area (Å²) < 4.78 is 1.73. The number of carbonyl (C=O) groups is 1. The Balaban J connectivity index is 1.58. The molecule has 136 valence electrons. The Bertz CT molecular complexity index is 911. The minimum Gasteiger partial charge on any atom is -0.382 e. The van der Waals surface area contributed by atoms with Crippen molar-refractivity contribution in [1.29, 1.82) is 0 Å². The van der Waals surface area contributed by atoms with Crippen LogP contribution in [0, 0.1) is 0 Å². The summed E-state index contributed by atoms with van der Waals surface area (Å²) in [6.45, 7) is 4.86. The highest BCUT2D eigenvalue weighted by Gasteiger charge is 2.39. The monoisotopic (exact) mass is 353 g/mol. The Morgan fingerprint density at radius 2 is 2.15 bits per heavy atom. The van der Waals surface area contributed by atoms with Gasteiger partial charge in [-0.05, 0) is 38.8 Å². The van der Waals surface area contributed by atoms with Crippen LogP contribution in [-0.2, 0) is 5.60 Å². The Morgan fingerprint density at radius 3 is 2.88 bits per heavy atom. The van der Waals surface area contributed by atoms with Crippen LogP contribution in [0.3, 0.4) is 0 Å². The van der Waals surface area contributed by atoms with E-state index >= 15 is 0 Å². The average Bonchev–Trinajstić information content (AvgIpc) is 3.28. The molecule has 0 saturated carbocycles. The van der Waals surface area contributed by atoms with Gasteiger partial charge in [-0.3, -0.25) is 4.79 Å². The number of β-amino-alcohol motifs (C(OH)–C–C–N with tert-alkyl or cyclic N) is 1. The number of aromatic amines is 1. The molecule has 1 aromatic carbocycles. The standard InChI is InChI=1S/C19H23N5O2/c1-13(2)24-11-17(21-22-24)19(26)8-5-9-23(12-19)18(25)16-10-14-6-3-4-7-15(14)20-16/h3-4,6-7,10-11,13,20,26H,5,8-9,12H2,1-2H3/t19-/m1/s1. The van der Waals surface area contributed by atoms with Crippen LogP contribution in [-0.4, -0.2) is 49.0 Å². The minimum atomic E-state index is -1.16. The predicted molar refractivity (Wildman–Crippen MR) is 97.7 cm³/mol. The van der Waals surface area contributed by atoms with Gasteiger partial charge in [0, 0.05) is 23.5 Å². The molecule has 1 amide bonds. The van der Waals surface area contributed by atoms with E-state index in [4.69, 9.17) is 0 Å². The number of hydrogen-bond acceptors (Lipinski definition) is 4. The molecule has 0 unspecified atom stereocenters. The molecule has 2 N–H and O–H groups in total. The number of H-pyrrole nitrogens is 1. The number of para-hydroxylation sites is 1. The predicted octanol–water partition coefficient (Wildman–Crippen LogP) is 2.46. The first-order valence-corrected chi connectivity index (χ1v) is 8.98.